The van der Waals surface area contributed by atoms with Crippen molar-refractivity contribution in [1.82, 2.24) is 0 Å². The summed E-state index contributed by atoms with van der Waals surface area (Å²) in [5.74, 6) is 1.60. The molecule has 0 N–H and O–H groups in total. The van der Waals surface area contributed by atoms with Crippen molar-refractivity contribution in [2.75, 3.05) is 0 Å². The van der Waals surface area contributed by atoms with E-state index in [2.05, 4.69) is 13.8 Å². The fraction of sp³-hybridized carbons (Fsp3) is 0.300. The number of allylic oxidation sites excluding steroid dienone is 1. The number of aldehydes is 1. The number of rotatable bonds is 3. The molecule has 0 atom stereocenters. The fourth-order valence-corrected chi connectivity index (χ4v) is 0.809. The van der Waals surface area contributed by atoms with Crippen LogP contribution in [0, 0.1) is 5.92 Å². The molecule has 0 spiro atoms. The third-order valence-corrected chi connectivity index (χ3v) is 1.41. The highest BCUT2D eigenvalue weighted by molar-refractivity contribution is 5.71. The van der Waals surface area contributed by atoms with Gasteiger partial charge in [0.1, 0.15) is 5.76 Å². The van der Waals surface area contributed by atoms with Crippen molar-refractivity contribution in [1.29, 1.82) is 0 Å². The Balaban J connectivity index is 2.70. The van der Waals surface area contributed by atoms with Crippen molar-refractivity contribution < 1.29 is 9.21 Å². The summed E-state index contributed by atoms with van der Waals surface area (Å²) >= 11 is 0. The lowest BCUT2D eigenvalue weighted by Crippen LogP contribution is -1.75. The molecule has 1 heterocycles. The second-order valence-corrected chi connectivity index (χ2v) is 2.96. The van der Waals surface area contributed by atoms with Crippen LogP contribution in [-0.4, -0.2) is 6.29 Å². The molecule has 0 amide bonds. The van der Waals surface area contributed by atoms with E-state index in [9.17, 15) is 4.79 Å². The molecule has 0 fully saturated rings. The molecule has 0 aliphatic carbocycles. The highest BCUT2D eigenvalue weighted by atomic mass is 16.3. The summed E-state index contributed by atoms with van der Waals surface area (Å²) in [5.41, 5.74) is 0. The van der Waals surface area contributed by atoms with E-state index in [0.717, 1.165) is 5.76 Å². The van der Waals surface area contributed by atoms with Crippen LogP contribution in [0.4, 0.5) is 0 Å². The lowest BCUT2D eigenvalue weighted by atomic mass is 10.2. The fourth-order valence-electron chi connectivity index (χ4n) is 0.809. The van der Waals surface area contributed by atoms with Crippen LogP contribution < -0.4 is 0 Å². The number of hydrogen-bond donors (Lipinski definition) is 0. The normalized spacial score (nSPS) is 11.2. The SMILES string of the molecule is CC(C)/C=C/c1ccc(C=O)o1. The number of carbonyl (C=O) groups is 1. The molecule has 0 aliphatic rings. The van der Waals surface area contributed by atoms with E-state index in [0.29, 0.717) is 18.0 Å². The molecular formula is C10H12O2. The van der Waals surface area contributed by atoms with Gasteiger partial charge in [-0.05, 0) is 24.1 Å². The number of furan rings is 1. The molecule has 1 rings (SSSR count). The van der Waals surface area contributed by atoms with E-state index in [4.69, 9.17) is 4.42 Å². The Hall–Kier alpha value is -1.31. The Labute approximate surface area is 71.9 Å². The third kappa shape index (κ3) is 2.38. The average Bonchev–Trinajstić information content (AvgIpc) is 2.48. The number of hydrogen-bond acceptors (Lipinski definition) is 2. The molecule has 64 valence electrons. The maximum Gasteiger partial charge on any atom is 0.185 e. The molecule has 2 heteroatoms. The van der Waals surface area contributed by atoms with Gasteiger partial charge in [0, 0.05) is 0 Å². The van der Waals surface area contributed by atoms with Crippen LogP contribution in [-0.2, 0) is 0 Å². The van der Waals surface area contributed by atoms with Gasteiger partial charge >= 0.3 is 0 Å². The van der Waals surface area contributed by atoms with E-state index >= 15 is 0 Å². The van der Waals surface area contributed by atoms with E-state index < -0.39 is 0 Å². The molecule has 0 saturated heterocycles. The van der Waals surface area contributed by atoms with Gasteiger partial charge in [-0.1, -0.05) is 19.9 Å². The van der Waals surface area contributed by atoms with Crippen molar-refractivity contribution in [3.05, 3.63) is 29.7 Å². The first-order valence-corrected chi connectivity index (χ1v) is 3.95. The zero-order chi connectivity index (χ0) is 8.97. The van der Waals surface area contributed by atoms with Gasteiger partial charge < -0.3 is 4.42 Å². The lowest BCUT2D eigenvalue weighted by molar-refractivity contribution is 0.110. The first kappa shape index (κ1) is 8.78. The van der Waals surface area contributed by atoms with Crippen LogP contribution in [0.3, 0.4) is 0 Å². The van der Waals surface area contributed by atoms with Crippen LogP contribution in [0.1, 0.15) is 30.2 Å². The topological polar surface area (TPSA) is 30.2 Å². The zero-order valence-corrected chi connectivity index (χ0v) is 7.28. The molecule has 0 aromatic carbocycles. The molecule has 2 nitrogen and oxygen atoms in total. The van der Waals surface area contributed by atoms with E-state index in [-0.39, 0.29) is 0 Å². The van der Waals surface area contributed by atoms with Gasteiger partial charge in [-0.15, -0.1) is 0 Å². The molecule has 0 unspecified atom stereocenters. The van der Waals surface area contributed by atoms with Crippen molar-refractivity contribution in [3.8, 4) is 0 Å². The molecule has 12 heavy (non-hydrogen) atoms. The zero-order valence-electron chi connectivity index (χ0n) is 7.28. The second kappa shape index (κ2) is 3.90. The summed E-state index contributed by atoms with van der Waals surface area (Å²) in [5, 5.41) is 0. The van der Waals surface area contributed by atoms with Crippen molar-refractivity contribution >= 4 is 12.4 Å². The van der Waals surface area contributed by atoms with Gasteiger partial charge in [0.05, 0.1) is 0 Å². The summed E-state index contributed by atoms with van der Waals surface area (Å²) in [6.45, 7) is 4.17. The summed E-state index contributed by atoms with van der Waals surface area (Å²) in [4.78, 5) is 10.2. The molecular weight excluding hydrogens is 152 g/mol. The van der Waals surface area contributed by atoms with Crippen LogP contribution in [0.2, 0.25) is 0 Å². The van der Waals surface area contributed by atoms with Crippen molar-refractivity contribution in [2.45, 2.75) is 13.8 Å². The predicted octanol–water partition coefficient (Wildman–Crippen LogP) is 2.76. The Morgan fingerprint density at radius 2 is 2.00 bits per heavy atom. The molecule has 0 aliphatic heterocycles. The molecule has 1 aromatic rings. The first-order chi connectivity index (χ1) is 5.72. The maximum absolute atomic E-state index is 10.2. The first-order valence-electron chi connectivity index (χ1n) is 3.95. The van der Waals surface area contributed by atoms with E-state index in [1.165, 1.54) is 0 Å². The van der Waals surface area contributed by atoms with Crippen LogP contribution in [0.5, 0.6) is 0 Å². The minimum absolute atomic E-state index is 0.374. The Morgan fingerprint density at radius 3 is 2.50 bits per heavy atom. The maximum atomic E-state index is 10.2. The standard InChI is InChI=1S/C10H12O2/c1-8(2)3-4-9-5-6-10(7-11)12-9/h3-8H,1-2H3/b4-3+. The van der Waals surface area contributed by atoms with Gasteiger partial charge in [-0.3, -0.25) is 4.79 Å². The Kier molecular flexibility index (Phi) is 2.86. The highest BCUT2D eigenvalue weighted by Gasteiger charge is 1.95. The molecule has 1 aromatic heterocycles. The van der Waals surface area contributed by atoms with Crippen LogP contribution in [0.25, 0.3) is 6.08 Å². The van der Waals surface area contributed by atoms with E-state index in [1.54, 1.807) is 12.1 Å². The van der Waals surface area contributed by atoms with Gasteiger partial charge in [-0.2, -0.15) is 0 Å². The van der Waals surface area contributed by atoms with Gasteiger partial charge in [0.2, 0.25) is 0 Å². The third-order valence-electron chi connectivity index (χ3n) is 1.41. The van der Waals surface area contributed by atoms with Gasteiger partial charge in [0.15, 0.2) is 12.0 Å². The van der Waals surface area contributed by atoms with Crippen molar-refractivity contribution in [2.24, 2.45) is 5.92 Å². The van der Waals surface area contributed by atoms with Gasteiger partial charge in [-0.25, -0.2) is 0 Å². The van der Waals surface area contributed by atoms with Crippen LogP contribution >= 0.6 is 0 Å². The largest absolute Gasteiger partial charge is 0.454 e. The quantitative estimate of drug-likeness (QED) is 0.643. The monoisotopic (exact) mass is 164 g/mol. The summed E-state index contributed by atoms with van der Waals surface area (Å²) < 4.78 is 5.13. The van der Waals surface area contributed by atoms with Crippen LogP contribution in [0.15, 0.2) is 22.6 Å². The highest BCUT2D eigenvalue weighted by Crippen LogP contribution is 2.08. The minimum Gasteiger partial charge on any atom is -0.454 e. The summed E-state index contributed by atoms with van der Waals surface area (Å²) in [6.07, 6.45) is 4.60. The average molecular weight is 164 g/mol. The summed E-state index contributed by atoms with van der Waals surface area (Å²) in [7, 11) is 0. The Morgan fingerprint density at radius 1 is 1.33 bits per heavy atom. The van der Waals surface area contributed by atoms with E-state index in [1.807, 2.05) is 12.2 Å². The van der Waals surface area contributed by atoms with Gasteiger partial charge in [0.25, 0.3) is 0 Å². The molecule has 0 bridgehead atoms. The second-order valence-electron chi connectivity index (χ2n) is 2.96. The lowest BCUT2D eigenvalue weighted by Gasteiger charge is -1.90. The molecule has 0 radical (unpaired) electrons. The predicted molar refractivity (Wildman–Crippen MR) is 48.0 cm³/mol. The Bertz CT molecular complexity index is 282. The minimum atomic E-state index is 0.374. The number of carbonyl (C=O) groups excluding carboxylic acids is 1. The molecule has 0 saturated carbocycles. The van der Waals surface area contributed by atoms with Crippen molar-refractivity contribution in [3.63, 3.8) is 0 Å². The summed E-state index contributed by atoms with van der Waals surface area (Å²) in [6, 6.07) is 3.44. The smallest absolute Gasteiger partial charge is 0.185 e.